The van der Waals surface area contributed by atoms with Crippen molar-refractivity contribution >= 4 is 17.3 Å². The van der Waals surface area contributed by atoms with Crippen LogP contribution in [0.1, 0.15) is 30.8 Å². The number of hydrogen-bond acceptors (Lipinski definition) is 4. The predicted molar refractivity (Wildman–Crippen MR) is 109 cm³/mol. The van der Waals surface area contributed by atoms with Crippen LogP contribution in [0.15, 0.2) is 72.9 Å². The van der Waals surface area contributed by atoms with Gasteiger partial charge in [-0.2, -0.15) is 0 Å². The van der Waals surface area contributed by atoms with E-state index < -0.39 is 0 Å². The number of para-hydroxylation sites is 1. The fourth-order valence-corrected chi connectivity index (χ4v) is 2.46. The summed E-state index contributed by atoms with van der Waals surface area (Å²) in [5, 5.41) is 6.20. The van der Waals surface area contributed by atoms with Crippen LogP contribution in [0.4, 0.5) is 11.4 Å². The minimum Gasteiger partial charge on any atom is -0.457 e. The predicted octanol–water partition coefficient (Wildman–Crippen LogP) is 5.34. The van der Waals surface area contributed by atoms with Gasteiger partial charge >= 0.3 is 0 Å². The van der Waals surface area contributed by atoms with Gasteiger partial charge in [0.05, 0.1) is 0 Å². The SMILES string of the molecule is CCC(C)Nc1ccnc(C(=O)Nc2ccc(Oc3ccccc3)cc2)c1. The van der Waals surface area contributed by atoms with Gasteiger partial charge in [-0.05, 0) is 61.9 Å². The molecule has 0 aliphatic carbocycles. The Hall–Kier alpha value is -3.34. The van der Waals surface area contributed by atoms with E-state index in [9.17, 15) is 4.79 Å². The van der Waals surface area contributed by atoms with Gasteiger partial charge in [0.25, 0.3) is 5.91 Å². The number of pyridine rings is 1. The zero-order valence-electron chi connectivity index (χ0n) is 15.5. The van der Waals surface area contributed by atoms with Gasteiger partial charge in [0, 0.05) is 23.6 Å². The third-order valence-corrected chi connectivity index (χ3v) is 4.11. The van der Waals surface area contributed by atoms with Crippen LogP contribution in [0.3, 0.4) is 0 Å². The summed E-state index contributed by atoms with van der Waals surface area (Å²) < 4.78 is 5.75. The maximum absolute atomic E-state index is 12.5. The molecule has 0 fully saturated rings. The largest absolute Gasteiger partial charge is 0.457 e. The topological polar surface area (TPSA) is 63.2 Å². The first-order valence-electron chi connectivity index (χ1n) is 9.01. The Morgan fingerprint density at radius 3 is 2.41 bits per heavy atom. The van der Waals surface area contributed by atoms with Crippen molar-refractivity contribution in [3.63, 3.8) is 0 Å². The Labute approximate surface area is 159 Å². The molecule has 1 amide bonds. The average molecular weight is 361 g/mol. The van der Waals surface area contributed by atoms with E-state index in [4.69, 9.17) is 4.74 Å². The van der Waals surface area contributed by atoms with Crippen molar-refractivity contribution in [2.24, 2.45) is 0 Å². The van der Waals surface area contributed by atoms with E-state index in [1.807, 2.05) is 48.5 Å². The van der Waals surface area contributed by atoms with Crippen LogP contribution in [-0.4, -0.2) is 16.9 Å². The van der Waals surface area contributed by atoms with Crippen molar-refractivity contribution in [1.82, 2.24) is 4.98 Å². The molecule has 3 rings (SSSR count). The van der Waals surface area contributed by atoms with Gasteiger partial charge in [-0.1, -0.05) is 25.1 Å². The molecule has 0 saturated carbocycles. The fraction of sp³-hybridized carbons (Fsp3) is 0.182. The number of nitrogens with one attached hydrogen (secondary N) is 2. The molecule has 138 valence electrons. The molecular weight excluding hydrogens is 338 g/mol. The van der Waals surface area contributed by atoms with E-state index in [0.717, 1.165) is 17.9 Å². The molecule has 5 heteroatoms. The van der Waals surface area contributed by atoms with Crippen LogP contribution in [0.2, 0.25) is 0 Å². The lowest BCUT2D eigenvalue weighted by Crippen LogP contribution is -2.16. The first kappa shape index (κ1) is 18.5. The number of nitrogens with zero attached hydrogens (tertiary/aromatic N) is 1. The third-order valence-electron chi connectivity index (χ3n) is 4.11. The minimum absolute atomic E-state index is 0.250. The number of carbonyl (C=O) groups is 1. The second-order valence-electron chi connectivity index (χ2n) is 6.28. The Morgan fingerprint density at radius 2 is 1.70 bits per heavy atom. The molecule has 0 bridgehead atoms. The van der Waals surface area contributed by atoms with Gasteiger partial charge in [-0.25, -0.2) is 0 Å². The Morgan fingerprint density at radius 1 is 1.00 bits per heavy atom. The van der Waals surface area contributed by atoms with Gasteiger partial charge in [-0.3, -0.25) is 9.78 Å². The van der Waals surface area contributed by atoms with Crippen molar-refractivity contribution < 1.29 is 9.53 Å². The molecule has 1 aromatic heterocycles. The molecule has 0 aliphatic heterocycles. The minimum atomic E-state index is -0.250. The molecule has 0 saturated heterocycles. The van der Waals surface area contributed by atoms with Crippen LogP contribution < -0.4 is 15.4 Å². The van der Waals surface area contributed by atoms with E-state index in [1.54, 1.807) is 24.4 Å². The lowest BCUT2D eigenvalue weighted by atomic mass is 10.2. The number of carbonyl (C=O) groups excluding carboxylic acids is 1. The molecule has 1 unspecified atom stereocenters. The van der Waals surface area contributed by atoms with Gasteiger partial charge < -0.3 is 15.4 Å². The van der Waals surface area contributed by atoms with Crippen LogP contribution in [-0.2, 0) is 0 Å². The van der Waals surface area contributed by atoms with Gasteiger partial charge in [0.15, 0.2) is 0 Å². The molecule has 1 heterocycles. The molecular formula is C22H23N3O2. The van der Waals surface area contributed by atoms with Crippen molar-refractivity contribution in [3.8, 4) is 11.5 Å². The Bertz CT molecular complexity index is 880. The Kier molecular flexibility index (Phi) is 6.05. The number of amides is 1. The van der Waals surface area contributed by atoms with Gasteiger partial charge in [0.2, 0.25) is 0 Å². The van der Waals surface area contributed by atoms with E-state index in [-0.39, 0.29) is 5.91 Å². The summed E-state index contributed by atoms with van der Waals surface area (Å²) in [6, 6.07) is 20.7. The summed E-state index contributed by atoms with van der Waals surface area (Å²) in [5.74, 6) is 1.22. The van der Waals surface area contributed by atoms with Crippen LogP contribution in [0.5, 0.6) is 11.5 Å². The van der Waals surface area contributed by atoms with Crippen molar-refractivity contribution in [3.05, 3.63) is 78.6 Å². The van der Waals surface area contributed by atoms with Crippen LogP contribution in [0.25, 0.3) is 0 Å². The highest BCUT2D eigenvalue weighted by Crippen LogP contribution is 2.23. The normalized spacial score (nSPS) is 11.5. The highest BCUT2D eigenvalue weighted by molar-refractivity contribution is 6.03. The van der Waals surface area contributed by atoms with E-state index in [2.05, 4.69) is 29.5 Å². The number of rotatable bonds is 7. The second kappa shape index (κ2) is 8.85. The maximum atomic E-state index is 12.5. The summed E-state index contributed by atoms with van der Waals surface area (Å²) in [6.07, 6.45) is 2.64. The number of benzene rings is 2. The molecule has 27 heavy (non-hydrogen) atoms. The molecule has 3 aromatic rings. The summed E-state index contributed by atoms with van der Waals surface area (Å²) in [7, 11) is 0. The van der Waals surface area contributed by atoms with Gasteiger partial charge in [-0.15, -0.1) is 0 Å². The summed E-state index contributed by atoms with van der Waals surface area (Å²) in [6.45, 7) is 4.21. The molecule has 2 aromatic carbocycles. The quantitative estimate of drug-likeness (QED) is 0.596. The van der Waals surface area contributed by atoms with E-state index >= 15 is 0 Å². The number of aromatic nitrogens is 1. The van der Waals surface area contributed by atoms with Crippen LogP contribution >= 0.6 is 0 Å². The van der Waals surface area contributed by atoms with Crippen molar-refractivity contribution in [1.29, 1.82) is 0 Å². The van der Waals surface area contributed by atoms with Crippen molar-refractivity contribution in [2.75, 3.05) is 10.6 Å². The fourth-order valence-electron chi connectivity index (χ4n) is 2.46. The maximum Gasteiger partial charge on any atom is 0.274 e. The zero-order chi connectivity index (χ0) is 19.1. The monoisotopic (exact) mass is 361 g/mol. The number of ether oxygens (including phenoxy) is 1. The first-order valence-corrected chi connectivity index (χ1v) is 9.01. The highest BCUT2D eigenvalue weighted by Gasteiger charge is 2.09. The summed E-state index contributed by atoms with van der Waals surface area (Å²) >= 11 is 0. The second-order valence-corrected chi connectivity index (χ2v) is 6.28. The molecule has 2 N–H and O–H groups in total. The molecule has 1 atom stereocenters. The lowest BCUT2D eigenvalue weighted by molar-refractivity contribution is 0.102. The Balaban J connectivity index is 1.63. The molecule has 0 aliphatic rings. The highest BCUT2D eigenvalue weighted by atomic mass is 16.5. The number of hydrogen-bond donors (Lipinski definition) is 2. The third kappa shape index (κ3) is 5.31. The first-order chi connectivity index (χ1) is 13.1. The molecule has 0 spiro atoms. The van der Waals surface area contributed by atoms with Crippen molar-refractivity contribution in [2.45, 2.75) is 26.3 Å². The standard InChI is InChI=1S/C22H23N3O2/c1-3-16(2)24-18-13-14-23-21(15-18)22(26)25-17-9-11-20(12-10-17)27-19-7-5-4-6-8-19/h4-16H,3H2,1-2H3,(H,23,24)(H,25,26). The van der Waals surface area contributed by atoms with E-state index in [0.29, 0.717) is 23.2 Å². The molecule has 0 radical (unpaired) electrons. The molecule has 5 nitrogen and oxygen atoms in total. The zero-order valence-corrected chi connectivity index (χ0v) is 15.5. The lowest BCUT2D eigenvalue weighted by Gasteiger charge is -2.13. The summed E-state index contributed by atoms with van der Waals surface area (Å²) in [4.78, 5) is 16.6. The average Bonchev–Trinajstić information content (AvgIpc) is 2.70. The smallest absolute Gasteiger partial charge is 0.274 e. The van der Waals surface area contributed by atoms with Gasteiger partial charge in [0.1, 0.15) is 17.2 Å². The van der Waals surface area contributed by atoms with E-state index in [1.165, 1.54) is 0 Å². The van der Waals surface area contributed by atoms with Crippen LogP contribution in [0, 0.1) is 0 Å². The summed E-state index contributed by atoms with van der Waals surface area (Å²) in [5.41, 5.74) is 1.94. The number of anilines is 2.